The number of ketones is 1. The van der Waals surface area contributed by atoms with Crippen LogP contribution in [0.3, 0.4) is 0 Å². The highest BCUT2D eigenvalue weighted by molar-refractivity contribution is 6.22. The SMILES string of the molecule is CCN/C=C(/C(=O)/C=C/c1ccc(N(C)C)cc1)C(=O)OC. The van der Waals surface area contributed by atoms with Crippen molar-refractivity contribution in [2.75, 3.05) is 32.6 Å². The molecule has 1 N–H and O–H groups in total. The van der Waals surface area contributed by atoms with Gasteiger partial charge in [0.25, 0.3) is 0 Å². The van der Waals surface area contributed by atoms with Gasteiger partial charge in [0.1, 0.15) is 5.57 Å². The molecule has 5 nitrogen and oxygen atoms in total. The van der Waals surface area contributed by atoms with Crippen molar-refractivity contribution < 1.29 is 14.3 Å². The van der Waals surface area contributed by atoms with E-state index in [4.69, 9.17) is 0 Å². The first-order valence-corrected chi connectivity index (χ1v) is 7.01. The molecule has 0 saturated heterocycles. The molecule has 0 aromatic heterocycles. The summed E-state index contributed by atoms with van der Waals surface area (Å²) in [6, 6.07) is 7.73. The minimum Gasteiger partial charge on any atom is -0.465 e. The van der Waals surface area contributed by atoms with Gasteiger partial charge in [-0.05, 0) is 30.7 Å². The lowest BCUT2D eigenvalue weighted by Gasteiger charge is -2.11. The zero-order valence-electron chi connectivity index (χ0n) is 13.4. The van der Waals surface area contributed by atoms with Gasteiger partial charge in [-0.2, -0.15) is 0 Å². The number of rotatable bonds is 7. The second-order valence-corrected chi connectivity index (χ2v) is 4.79. The summed E-state index contributed by atoms with van der Waals surface area (Å²) in [5.74, 6) is -1.05. The molecule has 0 bridgehead atoms. The number of ether oxygens (including phenoxy) is 1. The van der Waals surface area contributed by atoms with Crippen LogP contribution in [0.2, 0.25) is 0 Å². The van der Waals surface area contributed by atoms with Crippen molar-refractivity contribution in [1.82, 2.24) is 5.32 Å². The van der Waals surface area contributed by atoms with Crippen molar-refractivity contribution in [3.8, 4) is 0 Å². The third-order valence-electron chi connectivity index (χ3n) is 2.96. The lowest BCUT2D eigenvalue weighted by atomic mass is 10.1. The van der Waals surface area contributed by atoms with Gasteiger partial charge in [-0.3, -0.25) is 4.79 Å². The van der Waals surface area contributed by atoms with Gasteiger partial charge in [0.15, 0.2) is 5.78 Å². The van der Waals surface area contributed by atoms with Crippen LogP contribution in [0, 0.1) is 0 Å². The Kier molecular flexibility index (Phi) is 6.89. The normalized spacial score (nSPS) is 11.4. The van der Waals surface area contributed by atoms with E-state index in [-0.39, 0.29) is 5.57 Å². The van der Waals surface area contributed by atoms with E-state index in [1.807, 2.05) is 50.2 Å². The van der Waals surface area contributed by atoms with Gasteiger partial charge in [-0.15, -0.1) is 0 Å². The Morgan fingerprint density at radius 3 is 2.36 bits per heavy atom. The largest absolute Gasteiger partial charge is 0.465 e. The smallest absolute Gasteiger partial charge is 0.343 e. The molecule has 1 aromatic carbocycles. The van der Waals surface area contributed by atoms with Crippen LogP contribution in [0.5, 0.6) is 0 Å². The Hall–Kier alpha value is -2.56. The van der Waals surface area contributed by atoms with E-state index in [0.29, 0.717) is 6.54 Å². The number of carbonyl (C=O) groups is 2. The molecule has 1 rings (SSSR count). The summed E-state index contributed by atoms with van der Waals surface area (Å²) >= 11 is 0. The Morgan fingerprint density at radius 2 is 1.86 bits per heavy atom. The number of anilines is 1. The number of nitrogens with one attached hydrogen (secondary N) is 1. The van der Waals surface area contributed by atoms with Crippen molar-refractivity contribution in [2.45, 2.75) is 6.92 Å². The number of nitrogens with zero attached hydrogens (tertiary/aromatic N) is 1. The van der Waals surface area contributed by atoms with Gasteiger partial charge in [-0.25, -0.2) is 4.79 Å². The van der Waals surface area contributed by atoms with Gasteiger partial charge in [0.05, 0.1) is 7.11 Å². The van der Waals surface area contributed by atoms with Crippen molar-refractivity contribution >= 4 is 23.5 Å². The number of carbonyl (C=O) groups excluding carboxylic acids is 2. The number of hydrogen-bond donors (Lipinski definition) is 1. The molecule has 5 heteroatoms. The molecule has 0 atom stereocenters. The lowest BCUT2D eigenvalue weighted by Crippen LogP contribution is -2.17. The fourth-order valence-electron chi connectivity index (χ4n) is 1.69. The average Bonchev–Trinajstić information content (AvgIpc) is 2.53. The number of allylic oxidation sites excluding steroid dienone is 1. The highest BCUT2D eigenvalue weighted by Crippen LogP contribution is 2.13. The van der Waals surface area contributed by atoms with Crippen LogP contribution in [-0.2, 0) is 14.3 Å². The third-order valence-corrected chi connectivity index (χ3v) is 2.96. The van der Waals surface area contributed by atoms with E-state index in [9.17, 15) is 9.59 Å². The van der Waals surface area contributed by atoms with Crippen LogP contribution in [0.1, 0.15) is 12.5 Å². The first kappa shape index (κ1) is 17.5. The second kappa shape index (κ2) is 8.67. The summed E-state index contributed by atoms with van der Waals surface area (Å²) in [6.07, 6.45) is 4.42. The summed E-state index contributed by atoms with van der Waals surface area (Å²) in [5, 5.41) is 2.84. The van der Waals surface area contributed by atoms with Crippen LogP contribution < -0.4 is 10.2 Å². The Morgan fingerprint density at radius 1 is 1.23 bits per heavy atom. The molecule has 0 amide bonds. The van der Waals surface area contributed by atoms with Crippen LogP contribution in [0.25, 0.3) is 6.08 Å². The second-order valence-electron chi connectivity index (χ2n) is 4.79. The molecule has 0 fully saturated rings. The van der Waals surface area contributed by atoms with Crippen molar-refractivity contribution in [2.24, 2.45) is 0 Å². The summed E-state index contributed by atoms with van der Waals surface area (Å²) in [7, 11) is 5.17. The molecule has 0 saturated carbocycles. The Labute approximate surface area is 131 Å². The standard InChI is InChI=1S/C17H22N2O3/c1-5-18-12-15(17(21)22-4)16(20)11-8-13-6-9-14(10-7-13)19(2)3/h6-12,18H,5H2,1-4H3/b11-8+,15-12-. The molecule has 1 aromatic rings. The van der Waals surface area contributed by atoms with Crippen LogP contribution in [0.15, 0.2) is 42.1 Å². The number of benzene rings is 1. The summed E-state index contributed by atoms with van der Waals surface area (Å²) in [5.41, 5.74) is 1.93. The van der Waals surface area contributed by atoms with Crippen molar-refractivity contribution in [3.63, 3.8) is 0 Å². The average molecular weight is 302 g/mol. The quantitative estimate of drug-likeness (QED) is 0.361. The maximum absolute atomic E-state index is 12.1. The van der Waals surface area contributed by atoms with Gasteiger partial charge >= 0.3 is 5.97 Å². The summed E-state index contributed by atoms with van der Waals surface area (Å²) in [4.78, 5) is 25.7. The van der Waals surface area contributed by atoms with Crippen molar-refractivity contribution in [1.29, 1.82) is 0 Å². The van der Waals surface area contributed by atoms with Crippen LogP contribution in [-0.4, -0.2) is 39.5 Å². The van der Waals surface area contributed by atoms with E-state index in [0.717, 1.165) is 11.3 Å². The molecule has 0 radical (unpaired) electrons. The van der Waals surface area contributed by atoms with E-state index < -0.39 is 11.8 Å². The first-order valence-electron chi connectivity index (χ1n) is 7.01. The molecular formula is C17H22N2O3. The maximum atomic E-state index is 12.1. The molecule has 0 spiro atoms. The van der Waals surface area contributed by atoms with Gasteiger partial charge in [0, 0.05) is 32.5 Å². The van der Waals surface area contributed by atoms with E-state index in [2.05, 4.69) is 10.1 Å². The molecule has 0 aliphatic rings. The Bertz CT molecular complexity index is 572. The fraction of sp³-hybridized carbons (Fsp3) is 0.294. The summed E-state index contributed by atoms with van der Waals surface area (Å²) < 4.78 is 4.62. The number of hydrogen-bond acceptors (Lipinski definition) is 5. The molecule has 0 heterocycles. The van der Waals surface area contributed by atoms with E-state index in [1.165, 1.54) is 19.4 Å². The van der Waals surface area contributed by atoms with Crippen LogP contribution >= 0.6 is 0 Å². The molecule has 0 aliphatic carbocycles. The summed E-state index contributed by atoms with van der Waals surface area (Å²) in [6.45, 7) is 2.49. The predicted octanol–water partition coefficient (Wildman–Crippen LogP) is 2.00. The minimum atomic E-state index is -0.654. The van der Waals surface area contributed by atoms with E-state index in [1.54, 1.807) is 6.08 Å². The van der Waals surface area contributed by atoms with Gasteiger partial charge < -0.3 is 15.0 Å². The molecule has 0 aliphatic heterocycles. The van der Waals surface area contributed by atoms with E-state index >= 15 is 0 Å². The zero-order valence-corrected chi connectivity index (χ0v) is 13.4. The lowest BCUT2D eigenvalue weighted by molar-refractivity contribution is -0.137. The third kappa shape index (κ3) is 5.09. The molecule has 0 unspecified atom stereocenters. The molecule has 22 heavy (non-hydrogen) atoms. The predicted molar refractivity (Wildman–Crippen MR) is 88.6 cm³/mol. The highest BCUT2D eigenvalue weighted by atomic mass is 16.5. The first-order chi connectivity index (χ1) is 10.5. The zero-order chi connectivity index (χ0) is 16.5. The van der Waals surface area contributed by atoms with Crippen LogP contribution in [0.4, 0.5) is 5.69 Å². The van der Waals surface area contributed by atoms with Gasteiger partial charge in [0.2, 0.25) is 0 Å². The maximum Gasteiger partial charge on any atom is 0.343 e. The Balaban J connectivity index is 2.86. The molecular weight excluding hydrogens is 280 g/mol. The molecule has 118 valence electrons. The fourth-order valence-corrected chi connectivity index (χ4v) is 1.69. The number of methoxy groups -OCH3 is 1. The topological polar surface area (TPSA) is 58.6 Å². The minimum absolute atomic E-state index is 0.0227. The van der Waals surface area contributed by atoms with Gasteiger partial charge in [-0.1, -0.05) is 18.2 Å². The highest BCUT2D eigenvalue weighted by Gasteiger charge is 2.16. The monoisotopic (exact) mass is 302 g/mol. The number of esters is 1. The van der Waals surface area contributed by atoms with Crippen molar-refractivity contribution in [3.05, 3.63) is 47.7 Å².